The highest BCUT2D eigenvalue weighted by Gasteiger charge is 2.08. The summed E-state index contributed by atoms with van der Waals surface area (Å²) in [6, 6.07) is 14.5. The van der Waals surface area contributed by atoms with E-state index in [-0.39, 0.29) is 0 Å². The van der Waals surface area contributed by atoms with Crippen LogP contribution < -0.4 is 5.32 Å². The van der Waals surface area contributed by atoms with E-state index in [4.69, 9.17) is 4.52 Å². The van der Waals surface area contributed by atoms with E-state index in [2.05, 4.69) is 46.6 Å². The quantitative estimate of drug-likeness (QED) is 0.722. The Kier molecular flexibility index (Phi) is 3.74. The predicted octanol–water partition coefficient (Wildman–Crippen LogP) is 3.04. The normalized spacial score (nSPS) is 11.1. The molecule has 0 unspecified atom stereocenters. The SMILES string of the molecule is CCNCCc1nc(-c2ccc3ccccc3c2)no1. The van der Waals surface area contributed by atoms with Crippen LogP contribution in [0.25, 0.3) is 22.2 Å². The van der Waals surface area contributed by atoms with E-state index in [1.807, 2.05) is 18.2 Å². The number of rotatable bonds is 5. The van der Waals surface area contributed by atoms with Gasteiger partial charge in [-0.1, -0.05) is 48.5 Å². The van der Waals surface area contributed by atoms with Crippen molar-refractivity contribution < 1.29 is 4.52 Å². The summed E-state index contributed by atoms with van der Waals surface area (Å²) in [5.74, 6) is 1.33. The molecule has 3 rings (SSSR count). The molecule has 3 aromatic rings. The fourth-order valence-electron chi connectivity index (χ4n) is 2.17. The summed E-state index contributed by atoms with van der Waals surface area (Å²) < 4.78 is 5.28. The Morgan fingerprint density at radius 2 is 1.95 bits per heavy atom. The Bertz CT molecular complexity index is 706. The van der Waals surface area contributed by atoms with Crippen molar-refractivity contribution in [2.45, 2.75) is 13.3 Å². The minimum atomic E-state index is 0.655. The number of hydrogen-bond acceptors (Lipinski definition) is 4. The van der Waals surface area contributed by atoms with Gasteiger partial charge in [-0.25, -0.2) is 0 Å². The summed E-state index contributed by atoms with van der Waals surface area (Å²) in [5, 5.41) is 9.70. The Morgan fingerprint density at radius 1 is 1.10 bits per heavy atom. The third-order valence-electron chi connectivity index (χ3n) is 3.24. The molecule has 102 valence electrons. The van der Waals surface area contributed by atoms with Crippen molar-refractivity contribution in [3.8, 4) is 11.4 Å². The maximum Gasteiger partial charge on any atom is 0.228 e. The van der Waals surface area contributed by atoms with Crippen LogP contribution >= 0.6 is 0 Å². The van der Waals surface area contributed by atoms with Gasteiger partial charge in [0.2, 0.25) is 11.7 Å². The van der Waals surface area contributed by atoms with Crippen LogP contribution in [0.15, 0.2) is 47.0 Å². The first-order chi connectivity index (χ1) is 9.86. The van der Waals surface area contributed by atoms with Gasteiger partial charge in [-0.05, 0) is 23.4 Å². The number of likely N-dealkylation sites (N-methyl/N-ethyl adjacent to an activating group) is 1. The number of nitrogens with one attached hydrogen (secondary N) is 1. The van der Waals surface area contributed by atoms with Gasteiger partial charge in [0.15, 0.2) is 0 Å². The molecular weight excluding hydrogens is 250 g/mol. The second-order valence-electron chi connectivity index (χ2n) is 4.68. The number of aromatic nitrogens is 2. The van der Waals surface area contributed by atoms with Crippen molar-refractivity contribution in [2.75, 3.05) is 13.1 Å². The van der Waals surface area contributed by atoms with Crippen molar-refractivity contribution in [1.82, 2.24) is 15.5 Å². The third-order valence-corrected chi connectivity index (χ3v) is 3.24. The van der Waals surface area contributed by atoms with Crippen molar-refractivity contribution in [1.29, 1.82) is 0 Å². The minimum Gasteiger partial charge on any atom is -0.339 e. The van der Waals surface area contributed by atoms with Crippen LogP contribution in [0.3, 0.4) is 0 Å². The molecule has 2 aromatic carbocycles. The van der Waals surface area contributed by atoms with Gasteiger partial charge in [-0.15, -0.1) is 0 Å². The van der Waals surface area contributed by atoms with Gasteiger partial charge in [0.05, 0.1) is 0 Å². The van der Waals surface area contributed by atoms with Crippen molar-refractivity contribution in [2.24, 2.45) is 0 Å². The van der Waals surface area contributed by atoms with Crippen LogP contribution in [-0.2, 0) is 6.42 Å². The van der Waals surface area contributed by atoms with Gasteiger partial charge >= 0.3 is 0 Å². The summed E-state index contributed by atoms with van der Waals surface area (Å²) in [6.07, 6.45) is 0.758. The number of fused-ring (bicyclic) bond motifs is 1. The lowest BCUT2D eigenvalue weighted by Crippen LogP contribution is -2.16. The third kappa shape index (κ3) is 2.70. The molecule has 1 aromatic heterocycles. The van der Waals surface area contributed by atoms with E-state index in [1.54, 1.807) is 0 Å². The minimum absolute atomic E-state index is 0.655. The molecule has 1 heterocycles. The van der Waals surface area contributed by atoms with E-state index in [1.165, 1.54) is 10.8 Å². The van der Waals surface area contributed by atoms with E-state index >= 15 is 0 Å². The maximum absolute atomic E-state index is 5.28. The van der Waals surface area contributed by atoms with Gasteiger partial charge in [-0.3, -0.25) is 0 Å². The smallest absolute Gasteiger partial charge is 0.228 e. The van der Waals surface area contributed by atoms with Crippen LogP contribution in [0.4, 0.5) is 0 Å². The van der Waals surface area contributed by atoms with Gasteiger partial charge < -0.3 is 9.84 Å². The molecule has 4 nitrogen and oxygen atoms in total. The summed E-state index contributed by atoms with van der Waals surface area (Å²) in [6.45, 7) is 3.88. The van der Waals surface area contributed by atoms with Crippen molar-refractivity contribution in [3.05, 3.63) is 48.4 Å². The highest BCUT2D eigenvalue weighted by atomic mass is 16.5. The molecule has 0 aliphatic carbocycles. The molecule has 0 fully saturated rings. The maximum atomic E-state index is 5.28. The fraction of sp³-hybridized carbons (Fsp3) is 0.250. The summed E-state index contributed by atoms with van der Waals surface area (Å²) in [4.78, 5) is 4.44. The summed E-state index contributed by atoms with van der Waals surface area (Å²) in [5.41, 5.74) is 0.988. The molecule has 4 heteroatoms. The highest BCUT2D eigenvalue weighted by molar-refractivity contribution is 5.86. The van der Waals surface area contributed by atoms with E-state index in [0.29, 0.717) is 11.7 Å². The zero-order chi connectivity index (χ0) is 13.8. The molecule has 0 atom stereocenters. The van der Waals surface area contributed by atoms with Crippen LogP contribution in [0.1, 0.15) is 12.8 Å². The van der Waals surface area contributed by atoms with Crippen LogP contribution in [0.2, 0.25) is 0 Å². The zero-order valence-electron chi connectivity index (χ0n) is 11.5. The van der Waals surface area contributed by atoms with Crippen LogP contribution in [-0.4, -0.2) is 23.2 Å². The Balaban J connectivity index is 1.83. The summed E-state index contributed by atoms with van der Waals surface area (Å²) >= 11 is 0. The topological polar surface area (TPSA) is 51.0 Å². The Morgan fingerprint density at radius 3 is 2.80 bits per heavy atom. The van der Waals surface area contributed by atoms with Crippen LogP contribution in [0.5, 0.6) is 0 Å². The average Bonchev–Trinajstić information content (AvgIpc) is 2.96. The second-order valence-corrected chi connectivity index (χ2v) is 4.68. The predicted molar refractivity (Wildman–Crippen MR) is 79.5 cm³/mol. The van der Waals surface area contributed by atoms with Crippen molar-refractivity contribution >= 4 is 10.8 Å². The molecule has 0 aliphatic rings. The first-order valence-electron chi connectivity index (χ1n) is 6.89. The molecule has 0 saturated carbocycles. The van der Waals surface area contributed by atoms with Gasteiger partial charge in [0.25, 0.3) is 0 Å². The van der Waals surface area contributed by atoms with Gasteiger partial charge in [0, 0.05) is 18.5 Å². The lowest BCUT2D eigenvalue weighted by atomic mass is 10.1. The average molecular weight is 267 g/mol. The fourth-order valence-corrected chi connectivity index (χ4v) is 2.17. The monoisotopic (exact) mass is 267 g/mol. The Labute approximate surface area is 117 Å². The van der Waals surface area contributed by atoms with Gasteiger partial charge in [0.1, 0.15) is 0 Å². The molecule has 0 radical (unpaired) electrons. The Hall–Kier alpha value is -2.20. The lowest BCUT2D eigenvalue weighted by Gasteiger charge is -1.99. The first kappa shape index (κ1) is 12.8. The highest BCUT2D eigenvalue weighted by Crippen LogP contribution is 2.22. The molecule has 0 spiro atoms. The number of benzene rings is 2. The number of nitrogens with zero attached hydrogens (tertiary/aromatic N) is 2. The lowest BCUT2D eigenvalue weighted by molar-refractivity contribution is 0.377. The van der Waals surface area contributed by atoms with Crippen molar-refractivity contribution in [3.63, 3.8) is 0 Å². The second kappa shape index (κ2) is 5.84. The largest absolute Gasteiger partial charge is 0.339 e. The molecule has 0 aliphatic heterocycles. The van der Waals surface area contributed by atoms with Crippen LogP contribution in [0, 0.1) is 0 Å². The summed E-state index contributed by atoms with van der Waals surface area (Å²) in [7, 11) is 0. The standard InChI is InChI=1S/C16H17N3O/c1-2-17-10-9-15-18-16(19-20-15)14-8-7-12-5-3-4-6-13(12)11-14/h3-8,11,17H,2,9-10H2,1H3. The first-order valence-corrected chi connectivity index (χ1v) is 6.89. The molecular formula is C16H17N3O. The molecule has 0 bridgehead atoms. The zero-order valence-corrected chi connectivity index (χ0v) is 11.5. The van der Waals surface area contributed by atoms with Gasteiger partial charge in [-0.2, -0.15) is 4.98 Å². The molecule has 20 heavy (non-hydrogen) atoms. The van der Waals surface area contributed by atoms with E-state index in [9.17, 15) is 0 Å². The molecule has 0 saturated heterocycles. The van der Waals surface area contributed by atoms with E-state index < -0.39 is 0 Å². The molecule has 0 amide bonds. The van der Waals surface area contributed by atoms with E-state index in [0.717, 1.165) is 25.1 Å². The molecule has 1 N–H and O–H groups in total. The number of hydrogen-bond donors (Lipinski definition) is 1.